The van der Waals surface area contributed by atoms with Crippen LogP contribution in [0.4, 0.5) is 0 Å². The molecule has 1 amide bonds. The Kier molecular flexibility index (Phi) is 3.54. The van der Waals surface area contributed by atoms with E-state index in [9.17, 15) is 4.79 Å². The molecule has 0 aliphatic heterocycles. The van der Waals surface area contributed by atoms with Crippen molar-refractivity contribution >= 4 is 5.91 Å². The fourth-order valence-corrected chi connectivity index (χ4v) is 2.98. The maximum atomic E-state index is 12.3. The highest BCUT2D eigenvalue weighted by molar-refractivity contribution is 5.91. The Morgan fingerprint density at radius 3 is 2.86 bits per heavy atom. The zero-order valence-corrected chi connectivity index (χ0v) is 13.5. The van der Waals surface area contributed by atoms with Crippen LogP contribution in [0.25, 0.3) is 0 Å². The highest BCUT2D eigenvalue weighted by Gasteiger charge is 2.29. The molecule has 0 spiro atoms. The van der Waals surface area contributed by atoms with Gasteiger partial charge in [-0.3, -0.25) is 9.48 Å². The molecular formula is C16H22N4O2. The number of amides is 1. The molecule has 118 valence electrons. The zero-order valence-electron chi connectivity index (χ0n) is 13.5. The molecule has 6 heteroatoms. The summed E-state index contributed by atoms with van der Waals surface area (Å²) in [5.74, 6) is 0.0368. The van der Waals surface area contributed by atoms with Crippen LogP contribution >= 0.6 is 0 Å². The van der Waals surface area contributed by atoms with Crippen molar-refractivity contribution in [3.63, 3.8) is 0 Å². The number of fused-ring (bicyclic) bond motifs is 1. The van der Waals surface area contributed by atoms with Crippen LogP contribution in [-0.2, 0) is 12.0 Å². The molecule has 2 aromatic heterocycles. The van der Waals surface area contributed by atoms with E-state index in [1.165, 1.54) is 5.69 Å². The number of nitrogens with one attached hydrogen (secondary N) is 1. The van der Waals surface area contributed by atoms with Gasteiger partial charge in [0, 0.05) is 17.3 Å². The molecule has 1 aliphatic rings. The predicted molar refractivity (Wildman–Crippen MR) is 81.6 cm³/mol. The first-order valence-corrected chi connectivity index (χ1v) is 7.68. The highest BCUT2D eigenvalue weighted by Crippen LogP contribution is 2.32. The van der Waals surface area contributed by atoms with Gasteiger partial charge in [0.05, 0.1) is 23.5 Å². The first-order chi connectivity index (χ1) is 10.4. The molecule has 1 N–H and O–H groups in total. The molecule has 6 nitrogen and oxygen atoms in total. The first kappa shape index (κ1) is 14.8. The lowest BCUT2D eigenvalue weighted by atomic mass is 9.92. The summed E-state index contributed by atoms with van der Waals surface area (Å²) in [5, 5.41) is 11.3. The van der Waals surface area contributed by atoms with E-state index in [-0.39, 0.29) is 23.2 Å². The normalized spacial score (nSPS) is 18.1. The van der Waals surface area contributed by atoms with Gasteiger partial charge in [0.15, 0.2) is 0 Å². The van der Waals surface area contributed by atoms with Crippen molar-refractivity contribution in [1.82, 2.24) is 20.3 Å². The maximum Gasteiger partial charge on any atom is 0.290 e. The van der Waals surface area contributed by atoms with Crippen LogP contribution in [0.3, 0.4) is 0 Å². The lowest BCUT2D eigenvalue weighted by Crippen LogP contribution is -2.32. The van der Waals surface area contributed by atoms with E-state index in [1.54, 1.807) is 13.0 Å². The summed E-state index contributed by atoms with van der Waals surface area (Å²) >= 11 is 0. The molecule has 2 aromatic rings. The van der Waals surface area contributed by atoms with Crippen LogP contribution in [0.2, 0.25) is 0 Å². The van der Waals surface area contributed by atoms with Gasteiger partial charge < -0.3 is 9.84 Å². The first-order valence-electron chi connectivity index (χ1n) is 7.68. The lowest BCUT2D eigenvalue weighted by molar-refractivity contribution is 0.0895. The minimum atomic E-state index is -0.220. The largest absolute Gasteiger partial charge is 0.351 e. The van der Waals surface area contributed by atoms with Crippen LogP contribution in [-0.4, -0.2) is 20.8 Å². The van der Waals surface area contributed by atoms with Gasteiger partial charge in [0.2, 0.25) is 5.76 Å². The Morgan fingerprint density at radius 2 is 2.23 bits per heavy atom. The minimum absolute atomic E-state index is 0.0160. The van der Waals surface area contributed by atoms with Crippen LogP contribution in [0, 0.1) is 6.92 Å². The van der Waals surface area contributed by atoms with Crippen LogP contribution in [0.15, 0.2) is 16.8 Å². The van der Waals surface area contributed by atoms with Crippen molar-refractivity contribution in [2.45, 2.75) is 58.5 Å². The summed E-state index contributed by atoms with van der Waals surface area (Å²) in [4.78, 5) is 12.3. The number of hydrogen-bond acceptors (Lipinski definition) is 4. The summed E-state index contributed by atoms with van der Waals surface area (Å²) in [6.45, 7) is 8.21. The van der Waals surface area contributed by atoms with E-state index in [1.807, 2.05) is 6.20 Å². The summed E-state index contributed by atoms with van der Waals surface area (Å²) in [6.07, 6.45) is 4.84. The number of carbonyl (C=O) groups is 1. The second kappa shape index (κ2) is 5.26. The molecule has 22 heavy (non-hydrogen) atoms. The Balaban J connectivity index is 1.83. The number of nitrogens with zero attached hydrogens (tertiary/aromatic N) is 3. The summed E-state index contributed by atoms with van der Waals surface area (Å²) in [5.41, 5.74) is 2.99. The maximum absolute atomic E-state index is 12.3. The molecule has 0 radical (unpaired) electrons. The van der Waals surface area contributed by atoms with Crippen LogP contribution < -0.4 is 5.32 Å². The molecular weight excluding hydrogens is 280 g/mol. The second-order valence-electron chi connectivity index (χ2n) is 6.88. The van der Waals surface area contributed by atoms with E-state index >= 15 is 0 Å². The SMILES string of the molecule is Cc1cc(C(=O)N[C@@H]2CCCc3c2cnn3C(C)(C)C)on1. The van der Waals surface area contributed by atoms with Gasteiger partial charge in [-0.1, -0.05) is 5.16 Å². The molecule has 0 saturated heterocycles. The van der Waals surface area contributed by atoms with Gasteiger partial charge in [-0.05, 0) is 47.0 Å². The molecule has 0 aromatic carbocycles. The second-order valence-corrected chi connectivity index (χ2v) is 6.88. The van der Waals surface area contributed by atoms with Crippen molar-refractivity contribution in [3.8, 4) is 0 Å². The molecule has 0 unspecified atom stereocenters. The van der Waals surface area contributed by atoms with Crippen molar-refractivity contribution < 1.29 is 9.32 Å². The molecule has 0 saturated carbocycles. The highest BCUT2D eigenvalue weighted by atomic mass is 16.5. The smallest absolute Gasteiger partial charge is 0.290 e. The van der Waals surface area contributed by atoms with E-state index < -0.39 is 0 Å². The monoisotopic (exact) mass is 302 g/mol. The fraction of sp³-hybridized carbons (Fsp3) is 0.562. The Morgan fingerprint density at radius 1 is 1.45 bits per heavy atom. The number of aryl methyl sites for hydroxylation is 1. The summed E-state index contributed by atoms with van der Waals surface area (Å²) in [7, 11) is 0. The zero-order chi connectivity index (χ0) is 15.9. The fourth-order valence-electron chi connectivity index (χ4n) is 2.98. The molecule has 1 aliphatic carbocycles. The average molecular weight is 302 g/mol. The Bertz CT molecular complexity index is 693. The third-order valence-electron chi connectivity index (χ3n) is 3.98. The average Bonchev–Trinajstić information content (AvgIpc) is 3.04. The van der Waals surface area contributed by atoms with Crippen molar-refractivity contribution in [2.24, 2.45) is 0 Å². The number of rotatable bonds is 2. The van der Waals surface area contributed by atoms with Gasteiger partial charge in [0.1, 0.15) is 0 Å². The minimum Gasteiger partial charge on any atom is -0.351 e. The molecule has 1 atom stereocenters. The van der Waals surface area contributed by atoms with Gasteiger partial charge in [-0.25, -0.2) is 0 Å². The van der Waals surface area contributed by atoms with Crippen LogP contribution in [0.5, 0.6) is 0 Å². The van der Waals surface area contributed by atoms with Crippen molar-refractivity contribution in [2.75, 3.05) is 0 Å². The van der Waals surface area contributed by atoms with Gasteiger partial charge >= 0.3 is 0 Å². The number of hydrogen-bond donors (Lipinski definition) is 1. The summed E-state index contributed by atoms with van der Waals surface area (Å²) in [6, 6.07) is 1.63. The number of carbonyl (C=O) groups excluding carboxylic acids is 1. The van der Waals surface area contributed by atoms with Gasteiger partial charge in [-0.15, -0.1) is 0 Å². The lowest BCUT2D eigenvalue weighted by Gasteiger charge is -2.28. The Labute approximate surface area is 129 Å². The quantitative estimate of drug-likeness (QED) is 0.925. The summed E-state index contributed by atoms with van der Waals surface area (Å²) < 4.78 is 7.10. The van der Waals surface area contributed by atoms with Crippen molar-refractivity contribution in [3.05, 3.63) is 35.0 Å². The topological polar surface area (TPSA) is 73.0 Å². The third kappa shape index (κ3) is 2.65. The third-order valence-corrected chi connectivity index (χ3v) is 3.98. The Hall–Kier alpha value is -2.11. The molecule has 3 rings (SSSR count). The van der Waals surface area contributed by atoms with Crippen LogP contribution in [0.1, 0.15) is 67.2 Å². The van der Waals surface area contributed by atoms with Gasteiger partial charge in [-0.2, -0.15) is 5.10 Å². The van der Waals surface area contributed by atoms with Gasteiger partial charge in [0.25, 0.3) is 5.91 Å². The predicted octanol–water partition coefficient (Wildman–Crippen LogP) is 2.74. The van der Waals surface area contributed by atoms with Crippen molar-refractivity contribution in [1.29, 1.82) is 0 Å². The van der Waals surface area contributed by atoms with E-state index in [0.29, 0.717) is 5.69 Å². The number of aromatic nitrogens is 3. The molecule has 2 heterocycles. The van der Waals surface area contributed by atoms with E-state index in [0.717, 1.165) is 24.8 Å². The standard InChI is InChI=1S/C16H22N4O2/c1-10-8-14(22-19-10)15(21)18-12-6-5-7-13-11(12)9-17-20(13)16(2,3)4/h8-9,12H,5-7H2,1-4H3,(H,18,21)/t12-/m1/s1. The van der Waals surface area contributed by atoms with E-state index in [4.69, 9.17) is 4.52 Å². The van der Waals surface area contributed by atoms with E-state index in [2.05, 4.69) is 41.0 Å². The molecule has 0 fully saturated rings. The molecule has 0 bridgehead atoms.